The van der Waals surface area contributed by atoms with Crippen molar-refractivity contribution in [3.63, 3.8) is 0 Å². The molecule has 1 saturated heterocycles. The summed E-state index contributed by atoms with van der Waals surface area (Å²) in [7, 11) is 1.46. The molecule has 5 rings (SSSR count). The molecule has 9 heteroatoms. The maximum atomic E-state index is 11.9. The van der Waals surface area contributed by atoms with Crippen molar-refractivity contribution < 1.29 is 14.3 Å². The molecule has 9 nitrogen and oxygen atoms in total. The molecule has 1 aliphatic heterocycles. The third-order valence-corrected chi connectivity index (χ3v) is 7.04. The molecule has 0 bridgehead atoms. The molecular weight excluding hydrogens is 504 g/mol. The zero-order valence-electron chi connectivity index (χ0n) is 23.1. The van der Waals surface area contributed by atoms with Gasteiger partial charge in [-0.05, 0) is 50.1 Å². The number of nitrogens with zero attached hydrogens (tertiary/aromatic N) is 5. The zero-order chi connectivity index (χ0) is 28.5. The Morgan fingerprint density at radius 3 is 2.62 bits per heavy atom. The summed E-state index contributed by atoms with van der Waals surface area (Å²) in [5.41, 5.74) is 4.55. The van der Waals surface area contributed by atoms with Crippen molar-refractivity contribution in [3.8, 4) is 17.3 Å². The molecule has 1 N–H and O–H groups in total. The first-order chi connectivity index (χ1) is 19.5. The van der Waals surface area contributed by atoms with E-state index in [0.717, 1.165) is 35.5 Å². The first kappa shape index (κ1) is 28.5. The highest BCUT2D eigenvalue weighted by molar-refractivity contribution is 5.92. The smallest absolute Gasteiger partial charge is 0.314 e. The van der Waals surface area contributed by atoms with Crippen LogP contribution in [0.25, 0.3) is 16.9 Å². The Hall–Kier alpha value is -4.55. The van der Waals surface area contributed by atoms with Crippen LogP contribution >= 0.6 is 0 Å². The Morgan fingerprint density at radius 2 is 1.98 bits per heavy atom. The molecule has 1 aliphatic rings. The molecule has 0 saturated carbocycles. The quantitative estimate of drug-likeness (QED) is 0.353. The standard InChI is InChI=1S/C17H15N5O.C14H19NO2/c1-3-21(12(2)23)15-6-4-5-13(9-15)16-7-8-19-17-14(10-18)11-20-22(16)17;1-17-14(16)13(11-7-3-2-4-8-11)12-9-5-6-10-15-12/h4-9,11H,3H2,1-2H3;2-4,7-8,12-13,15H,5-6,9-10H2,1H3. The number of methoxy groups -OCH3 is 1. The van der Waals surface area contributed by atoms with Crippen molar-refractivity contribution in [1.29, 1.82) is 5.26 Å². The number of amides is 1. The van der Waals surface area contributed by atoms with Crippen LogP contribution in [0.5, 0.6) is 0 Å². The van der Waals surface area contributed by atoms with E-state index in [-0.39, 0.29) is 23.8 Å². The molecule has 4 aromatic rings. The highest BCUT2D eigenvalue weighted by Crippen LogP contribution is 2.27. The number of nitriles is 1. The Morgan fingerprint density at radius 1 is 1.18 bits per heavy atom. The maximum absolute atomic E-state index is 11.9. The molecule has 1 amide bonds. The molecule has 2 unspecified atom stereocenters. The molecule has 2 aromatic carbocycles. The number of hydrogen-bond acceptors (Lipinski definition) is 7. The van der Waals surface area contributed by atoms with Crippen molar-refractivity contribution in [2.24, 2.45) is 0 Å². The van der Waals surface area contributed by atoms with Crippen LogP contribution in [0.4, 0.5) is 5.69 Å². The minimum Gasteiger partial charge on any atom is -0.469 e. The van der Waals surface area contributed by atoms with Crippen LogP contribution in [0.1, 0.15) is 50.2 Å². The van der Waals surface area contributed by atoms with Gasteiger partial charge >= 0.3 is 5.97 Å². The van der Waals surface area contributed by atoms with Gasteiger partial charge in [-0.2, -0.15) is 10.4 Å². The van der Waals surface area contributed by atoms with E-state index in [1.54, 1.807) is 22.5 Å². The summed E-state index contributed by atoms with van der Waals surface area (Å²) in [6, 6.07) is 21.7. The van der Waals surface area contributed by atoms with Crippen molar-refractivity contribution in [2.45, 2.75) is 45.1 Å². The topological polar surface area (TPSA) is 113 Å². The predicted octanol–water partition coefficient (Wildman–Crippen LogP) is 4.73. The summed E-state index contributed by atoms with van der Waals surface area (Å²) in [5, 5.41) is 16.8. The molecule has 0 radical (unpaired) electrons. The van der Waals surface area contributed by atoms with Crippen LogP contribution in [-0.2, 0) is 14.3 Å². The Kier molecular flexibility index (Phi) is 9.60. The number of nitrogens with one attached hydrogen (secondary N) is 1. The number of anilines is 1. The van der Waals surface area contributed by atoms with Gasteiger partial charge in [-0.25, -0.2) is 9.50 Å². The van der Waals surface area contributed by atoms with Crippen molar-refractivity contribution in [3.05, 3.63) is 84.2 Å². The molecule has 1 fully saturated rings. The second-order valence-corrected chi connectivity index (χ2v) is 9.52. The first-order valence-corrected chi connectivity index (χ1v) is 13.5. The molecule has 206 valence electrons. The number of rotatable bonds is 6. The van der Waals surface area contributed by atoms with Gasteiger partial charge in [0.2, 0.25) is 5.91 Å². The predicted molar refractivity (Wildman–Crippen MR) is 154 cm³/mol. The number of carbonyl (C=O) groups is 2. The fraction of sp³-hybridized carbons (Fsp3) is 0.323. The van der Waals surface area contributed by atoms with Crippen LogP contribution in [0.2, 0.25) is 0 Å². The fourth-order valence-electron chi connectivity index (χ4n) is 5.09. The summed E-state index contributed by atoms with van der Waals surface area (Å²) in [6.45, 7) is 5.08. The molecule has 0 spiro atoms. The van der Waals surface area contributed by atoms with Crippen molar-refractivity contribution in [2.75, 3.05) is 25.1 Å². The number of benzene rings is 2. The number of piperidine rings is 1. The Labute approximate surface area is 234 Å². The average Bonchev–Trinajstić information content (AvgIpc) is 3.42. The lowest BCUT2D eigenvalue weighted by Crippen LogP contribution is -2.42. The number of ether oxygens (including phenoxy) is 1. The SMILES string of the molecule is CCN(C(C)=O)c1cccc(-c2ccnc3c(C#N)cnn23)c1.COC(=O)C(c1ccccc1)C1CCCCN1. The van der Waals surface area contributed by atoms with Crippen LogP contribution in [0, 0.1) is 11.3 Å². The van der Waals surface area contributed by atoms with Gasteiger partial charge < -0.3 is 15.0 Å². The summed E-state index contributed by atoms with van der Waals surface area (Å²) in [4.78, 5) is 29.6. The van der Waals surface area contributed by atoms with Crippen LogP contribution in [0.15, 0.2) is 73.1 Å². The van der Waals surface area contributed by atoms with Crippen molar-refractivity contribution in [1.82, 2.24) is 19.9 Å². The van der Waals surface area contributed by atoms with Gasteiger partial charge in [0.15, 0.2) is 5.65 Å². The lowest BCUT2D eigenvalue weighted by Gasteiger charge is -2.29. The molecule has 2 atom stereocenters. The average molecular weight is 539 g/mol. The van der Waals surface area contributed by atoms with E-state index in [2.05, 4.69) is 21.5 Å². The first-order valence-electron chi connectivity index (χ1n) is 13.5. The maximum Gasteiger partial charge on any atom is 0.314 e. The number of fused-ring (bicyclic) bond motifs is 1. The molecule has 2 aromatic heterocycles. The number of aromatic nitrogens is 3. The highest BCUT2D eigenvalue weighted by atomic mass is 16.5. The van der Waals surface area contributed by atoms with Gasteiger partial charge in [-0.3, -0.25) is 9.59 Å². The summed E-state index contributed by atoms with van der Waals surface area (Å²) >= 11 is 0. The summed E-state index contributed by atoms with van der Waals surface area (Å²) in [6.07, 6.45) is 6.57. The second kappa shape index (κ2) is 13.5. The van der Waals surface area contributed by atoms with Crippen LogP contribution in [-0.4, -0.2) is 52.7 Å². The van der Waals surface area contributed by atoms with Gasteiger partial charge in [-0.15, -0.1) is 0 Å². The normalized spacial score (nSPS) is 15.3. The Bertz CT molecular complexity index is 1490. The zero-order valence-corrected chi connectivity index (χ0v) is 23.1. The molecule has 3 heterocycles. The second-order valence-electron chi connectivity index (χ2n) is 9.52. The van der Waals surface area contributed by atoms with E-state index in [1.807, 2.05) is 67.6 Å². The fourth-order valence-corrected chi connectivity index (χ4v) is 5.09. The van der Waals surface area contributed by atoms with E-state index < -0.39 is 0 Å². The lowest BCUT2D eigenvalue weighted by atomic mass is 9.86. The monoisotopic (exact) mass is 538 g/mol. The van der Waals surface area contributed by atoms with Gasteiger partial charge in [0, 0.05) is 37.0 Å². The van der Waals surface area contributed by atoms with E-state index in [1.165, 1.54) is 26.1 Å². The van der Waals surface area contributed by atoms with Gasteiger partial charge in [-0.1, -0.05) is 48.9 Å². The third-order valence-electron chi connectivity index (χ3n) is 7.04. The van der Waals surface area contributed by atoms with Gasteiger partial charge in [0.05, 0.1) is 24.9 Å². The third kappa shape index (κ3) is 6.35. The van der Waals surface area contributed by atoms with Crippen LogP contribution < -0.4 is 10.2 Å². The highest BCUT2D eigenvalue weighted by Gasteiger charge is 2.31. The molecule has 0 aliphatic carbocycles. The van der Waals surface area contributed by atoms with Gasteiger partial charge in [0.25, 0.3) is 0 Å². The molecule has 40 heavy (non-hydrogen) atoms. The van der Waals surface area contributed by atoms with E-state index >= 15 is 0 Å². The lowest BCUT2D eigenvalue weighted by molar-refractivity contribution is -0.143. The number of esters is 1. The minimum absolute atomic E-state index is 0.00428. The van der Waals surface area contributed by atoms with Crippen molar-refractivity contribution >= 4 is 23.2 Å². The van der Waals surface area contributed by atoms with Crippen LogP contribution in [0.3, 0.4) is 0 Å². The number of carbonyl (C=O) groups excluding carboxylic acids is 2. The van der Waals surface area contributed by atoms with E-state index in [4.69, 9.17) is 10.00 Å². The largest absolute Gasteiger partial charge is 0.469 e. The summed E-state index contributed by atoms with van der Waals surface area (Å²) < 4.78 is 6.58. The minimum atomic E-state index is -0.179. The summed E-state index contributed by atoms with van der Waals surface area (Å²) in [5.74, 6) is -0.326. The van der Waals surface area contributed by atoms with Gasteiger partial charge in [0.1, 0.15) is 11.6 Å². The van der Waals surface area contributed by atoms with E-state index in [9.17, 15) is 9.59 Å². The number of hydrogen-bond donors (Lipinski definition) is 1. The Balaban J connectivity index is 0.000000194. The van der Waals surface area contributed by atoms with E-state index in [0.29, 0.717) is 17.8 Å². The molecular formula is C31H34N6O3.